The van der Waals surface area contributed by atoms with Crippen molar-refractivity contribution < 1.29 is 4.74 Å². The molecule has 2 N–H and O–H groups in total. The van der Waals surface area contributed by atoms with Gasteiger partial charge in [-0.05, 0) is 0 Å². The molecule has 70 valence electrons. The molecule has 1 heterocycles. The average molecular weight is 195 g/mol. The summed E-state index contributed by atoms with van der Waals surface area (Å²) < 4.78 is 5.67. The van der Waals surface area contributed by atoms with E-state index in [1.54, 1.807) is 0 Å². The van der Waals surface area contributed by atoms with E-state index in [1.807, 2.05) is 17.8 Å². The van der Waals surface area contributed by atoms with Crippen molar-refractivity contribution in [3.63, 3.8) is 0 Å². The lowest BCUT2D eigenvalue weighted by Crippen LogP contribution is -2.04. The molecule has 0 saturated carbocycles. The van der Waals surface area contributed by atoms with Crippen LogP contribution >= 0.6 is 11.8 Å². The molecule has 0 spiro atoms. The maximum absolute atomic E-state index is 5.67. The fourth-order valence-corrected chi connectivity index (χ4v) is 2.28. The Balaban J connectivity index is 2.40. The first-order valence-corrected chi connectivity index (χ1v) is 5.58. The topological polar surface area (TPSA) is 35.2 Å². The van der Waals surface area contributed by atoms with Crippen molar-refractivity contribution >= 4 is 11.8 Å². The highest BCUT2D eigenvalue weighted by Gasteiger charge is 2.11. The van der Waals surface area contributed by atoms with Gasteiger partial charge in [-0.15, -0.1) is 0 Å². The third-order valence-electron chi connectivity index (χ3n) is 2.13. The molecular formula is C10H13NOS. The van der Waals surface area contributed by atoms with Crippen molar-refractivity contribution in [2.45, 2.75) is 12.3 Å². The second-order valence-corrected chi connectivity index (χ2v) is 4.12. The third-order valence-corrected chi connectivity index (χ3v) is 3.10. The molecule has 0 amide bonds. The van der Waals surface area contributed by atoms with Gasteiger partial charge in [0.1, 0.15) is 5.75 Å². The van der Waals surface area contributed by atoms with Crippen LogP contribution in [-0.2, 0) is 12.3 Å². The van der Waals surface area contributed by atoms with Crippen LogP contribution in [0, 0.1) is 0 Å². The fourth-order valence-electron chi connectivity index (χ4n) is 1.48. The summed E-state index contributed by atoms with van der Waals surface area (Å²) in [7, 11) is 0. The standard InChI is InChI=1S/C10H13NOS/c11-6-8-2-1-3-9-7-13-5-4-12-10(8)9/h1-3H,4-7,11H2. The third kappa shape index (κ3) is 1.81. The number of thioether (sulfide) groups is 1. The molecule has 13 heavy (non-hydrogen) atoms. The van der Waals surface area contributed by atoms with Crippen molar-refractivity contribution in [1.29, 1.82) is 0 Å². The van der Waals surface area contributed by atoms with Crippen molar-refractivity contribution in [2.75, 3.05) is 12.4 Å². The number of hydrogen-bond acceptors (Lipinski definition) is 3. The molecule has 0 aromatic heterocycles. The van der Waals surface area contributed by atoms with Crippen molar-refractivity contribution in [3.05, 3.63) is 29.3 Å². The van der Waals surface area contributed by atoms with Gasteiger partial charge in [0.15, 0.2) is 0 Å². The summed E-state index contributed by atoms with van der Waals surface area (Å²) in [6, 6.07) is 6.21. The van der Waals surface area contributed by atoms with Crippen LogP contribution in [0.5, 0.6) is 5.75 Å². The molecule has 0 unspecified atom stereocenters. The summed E-state index contributed by atoms with van der Waals surface area (Å²) in [5, 5.41) is 0. The molecule has 2 nitrogen and oxygen atoms in total. The Morgan fingerprint density at radius 3 is 3.23 bits per heavy atom. The molecule has 1 aliphatic rings. The normalized spacial score (nSPS) is 15.8. The SMILES string of the molecule is NCc1cccc2c1OCCSC2. The van der Waals surface area contributed by atoms with Crippen LogP contribution < -0.4 is 10.5 Å². The van der Waals surface area contributed by atoms with E-state index in [1.165, 1.54) is 5.56 Å². The highest BCUT2D eigenvalue weighted by Crippen LogP contribution is 2.29. The predicted molar refractivity (Wildman–Crippen MR) is 56.0 cm³/mol. The zero-order chi connectivity index (χ0) is 9.10. The molecule has 0 bridgehead atoms. The molecular weight excluding hydrogens is 182 g/mol. The van der Waals surface area contributed by atoms with Crippen molar-refractivity contribution in [3.8, 4) is 5.75 Å². The maximum atomic E-state index is 5.67. The van der Waals surface area contributed by atoms with Crippen LogP contribution in [0.15, 0.2) is 18.2 Å². The van der Waals surface area contributed by atoms with Gasteiger partial charge in [-0.1, -0.05) is 18.2 Å². The van der Waals surface area contributed by atoms with Gasteiger partial charge in [-0.2, -0.15) is 11.8 Å². The summed E-state index contributed by atoms with van der Waals surface area (Å²) in [5.41, 5.74) is 8.05. The van der Waals surface area contributed by atoms with E-state index < -0.39 is 0 Å². The summed E-state index contributed by atoms with van der Waals surface area (Å²) in [4.78, 5) is 0. The van der Waals surface area contributed by atoms with Crippen LogP contribution in [0.25, 0.3) is 0 Å². The van der Waals surface area contributed by atoms with Gasteiger partial charge in [-0.25, -0.2) is 0 Å². The Hall–Kier alpha value is -0.670. The Bertz CT molecular complexity index is 301. The highest BCUT2D eigenvalue weighted by atomic mass is 32.2. The largest absolute Gasteiger partial charge is 0.492 e. The van der Waals surface area contributed by atoms with E-state index in [-0.39, 0.29) is 0 Å². The highest BCUT2D eigenvalue weighted by molar-refractivity contribution is 7.98. The van der Waals surface area contributed by atoms with Crippen LogP contribution in [0.1, 0.15) is 11.1 Å². The number of fused-ring (bicyclic) bond motifs is 1. The Morgan fingerprint density at radius 2 is 2.38 bits per heavy atom. The van der Waals surface area contributed by atoms with Crippen LogP contribution in [0.3, 0.4) is 0 Å². The quantitative estimate of drug-likeness (QED) is 0.741. The lowest BCUT2D eigenvalue weighted by Gasteiger charge is -2.10. The summed E-state index contributed by atoms with van der Waals surface area (Å²) in [6.07, 6.45) is 0. The van der Waals surface area contributed by atoms with Gasteiger partial charge in [0.05, 0.1) is 6.61 Å². The first-order chi connectivity index (χ1) is 6.42. The number of nitrogens with two attached hydrogens (primary N) is 1. The molecule has 0 radical (unpaired) electrons. The minimum absolute atomic E-state index is 0.563. The Labute approximate surface area is 82.5 Å². The van der Waals surface area contributed by atoms with E-state index in [0.29, 0.717) is 6.54 Å². The second-order valence-electron chi connectivity index (χ2n) is 3.01. The molecule has 0 saturated heterocycles. The van der Waals surface area contributed by atoms with E-state index >= 15 is 0 Å². The molecule has 1 aromatic rings. The zero-order valence-corrected chi connectivity index (χ0v) is 8.27. The van der Waals surface area contributed by atoms with Crippen LogP contribution in [0.4, 0.5) is 0 Å². The van der Waals surface area contributed by atoms with Crippen molar-refractivity contribution in [1.82, 2.24) is 0 Å². The first kappa shape index (κ1) is 8.91. The van der Waals surface area contributed by atoms with Gasteiger partial charge in [0.2, 0.25) is 0 Å². The van der Waals surface area contributed by atoms with Crippen LogP contribution in [-0.4, -0.2) is 12.4 Å². The summed E-state index contributed by atoms with van der Waals surface area (Å²) >= 11 is 1.91. The molecule has 0 atom stereocenters. The number of ether oxygens (including phenoxy) is 1. The molecule has 0 fully saturated rings. The van der Waals surface area contributed by atoms with Crippen LogP contribution in [0.2, 0.25) is 0 Å². The van der Waals surface area contributed by atoms with Gasteiger partial charge >= 0.3 is 0 Å². The van der Waals surface area contributed by atoms with E-state index in [4.69, 9.17) is 10.5 Å². The molecule has 0 aliphatic carbocycles. The zero-order valence-electron chi connectivity index (χ0n) is 7.45. The molecule has 2 rings (SSSR count). The fraction of sp³-hybridized carbons (Fsp3) is 0.400. The predicted octanol–water partition coefficient (Wildman–Crippen LogP) is 1.77. The lowest BCUT2D eigenvalue weighted by atomic mass is 10.1. The summed E-state index contributed by atoms with van der Waals surface area (Å²) in [5.74, 6) is 3.14. The van der Waals surface area contributed by atoms with Crippen molar-refractivity contribution in [2.24, 2.45) is 5.73 Å². The molecule has 1 aliphatic heterocycles. The number of hydrogen-bond donors (Lipinski definition) is 1. The maximum Gasteiger partial charge on any atom is 0.127 e. The monoisotopic (exact) mass is 195 g/mol. The minimum atomic E-state index is 0.563. The van der Waals surface area contributed by atoms with Gasteiger partial charge < -0.3 is 10.5 Å². The lowest BCUT2D eigenvalue weighted by molar-refractivity contribution is 0.340. The van der Waals surface area contributed by atoms with Gasteiger partial charge in [-0.3, -0.25) is 0 Å². The smallest absolute Gasteiger partial charge is 0.127 e. The molecule has 3 heteroatoms. The van der Waals surface area contributed by atoms with Gasteiger partial charge in [0, 0.05) is 29.2 Å². The van der Waals surface area contributed by atoms with E-state index in [2.05, 4.69) is 12.1 Å². The first-order valence-electron chi connectivity index (χ1n) is 4.43. The number of rotatable bonds is 1. The van der Waals surface area contributed by atoms with E-state index in [9.17, 15) is 0 Å². The second kappa shape index (κ2) is 4.03. The van der Waals surface area contributed by atoms with E-state index in [0.717, 1.165) is 29.4 Å². The minimum Gasteiger partial charge on any atom is -0.492 e. The Morgan fingerprint density at radius 1 is 1.46 bits per heavy atom. The molecule has 1 aromatic carbocycles. The Kier molecular flexibility index (Phi) is 2.76. The number of para-hydroxylation sites is 1. The average Bonchev–Trinajstić information content (AvgIpc) is 2.41. The summed E-state index contributed by atoms with van der Waals surface area (Å²) in [6.45, 7) is 1.36. The van der Waals surface area contributed by atoms with Gasteiger partial charge in [0.25, 0.3) is 0 Å². The number of benzene rings is 1.